The van der Waals surface area contributed by atoms with E-state index in [1.54, 1.807) is 17.0 Å². The molecule has 0 radical (unpaired) electrons. The number of hydrogen-bond donors (Lipinski definition) is 0. The van der Waals surface area contributed by atoms with Crippen molar-refractivity contribution < 1.29 is 18.7 Å². The lowest BCUT2D eigenvalue weighted by atomic mass is 9.72. The second-order valence-corrected chi connectivity index (χ2v) is 6.97. The van der Waals surface area contributed by atoms with Crippen LogP contribution < -0.4 is 4.90 Å². The first kappa shape index (κ1) is 15.6. The zero-order chi connectivity index (χ0) is 16.9. The fourth-order valence-electron chi connectivity index (χ4n) is 4.13. The van der Waals surface area contributed by atoms with E-state index in [1.165, 1.54) is 19.2 Å². The van der Waals surface area contributed by atoms with E-state index in [2.05, 4.69) is 0 Å². The van der Waals surface area contributed by atoms with Gasteiger partial charge in [0.25, 0.3) is 5.91 Å². The second kappa shape index (κ2) is 5.55. The molecule has 1 atom stereocenters. The molecule has 5 nitrogen and oxygen atoms in total. The Labute approximate surface area is 140 Å². The molecule has 4 rings (SSSR count). The highest BCUT2D eigenvalue weighted by molar-refractivity contribution is 6.07. The van der Waals surface area contributed by atoms with Crippen molar-refractivity contribution in [3.63, 3.8) is 0 Å². The Kier molecular flexibility index (Phi) is 3.60. The highest BCUT2D eigenvalue weighted by atomic mass is 19.1. The molecule has 0 aromatic heterocycles. The molecule has 128 valence electrons. The predicted octanol–water partition coefficient (Wildman–Crippen LogP) is 1.96. The Morgan fingerprint density at radius 2 is 2.00 bits per heavy atom. The number of likely N-dealkylation sites (tertiary alicyclic amines) is 1. The van der Waals surface area contributed by atoms with E-state index in [0.717, 1.165) is 12.8 Å². The van der Waals surface area contributed by atoms with Gasteiger partial charge < -0.3 is 14.5 Å². The number of benzene rings is 1. The van der Waals surface area contributed by atoms with Crippen LogP contribution in [0.1, 0.15) is 25.7 Å². The van der Waals surface area contributed by atoms with E-state index in [-0.39, 0.29) is 23.5 Å². The van der Waals surface area contributed by atoms with Gasteiger partial charge in [-0.1, -0.05) is 6.07 Å². The van der Waals surface area contributed by atoms with Crippen LogP contribution >= 0.6 is 0 Å². The van der Waals surface area contributed by atoms with E-state index in [4.69, 9.17) is 4.74 Å². The van der Waals surface area contributed by atoms with Gasteiger partial charge in [-0.05, 0) is 43.9 Å². The monoisotopic (exact) mass is 332 g/mol. The third-order valence-electron chi connectivity index (χ3n) is 5.55. The number of carbonyl (C=O) groups is 2. The SMILES string of the molecule is COC1C(=O)N(c2cccc(F)c2)C12CCN(C(=O)C1CC1)CC2. The van der Waals surface area contributed by atoms with Crippen LogP contribution in [0.25, 0.3) is 0 Å². The molecule has 3 fully saturated rings. The third kappa shape index (κ3) is 2.24. The standard InChI is InChI=1S/C18H21FN2O3/c1-24-15-17(23)21(14-4-2-3-13(19)11-14)18(15)7-9-20(10-8-18)16(22)12-5-6-12/h2-4,11-12,15H,5-10H2,1H3. The Hall–Kier alpha value is -1.95. The molecule has 1 aromatic carbocycles. The second-order valence-electron chi connectivity index (χ2n) is 6.97. The van der Waals surface area contributed by atoms with Gasteiger partial charge in [0.15, 0.2) is 6.10 Å². The van der Waals surface area contributed by atoms with Crippen molar-refractivity contribution in [2.45, 2.75) is 37.3 Å². The largest absolute Gasteiger partial charge is 0.369 e. The minimum absolute atomic E-state index is 0.134. The first-order chi connectivity index (χ1) is 11.6. The Balaban J connectivity index is 1.57. The number of β-lactam (4-membered cyclic amide) rings is 1. The first-order valence-corrected chi connectivity index (χ1v) is 8.48. The maximum Gasteiger partial charge on any atom is 0.259 e. The van der Waals surface area contributed by atoms with Crippen LogP contribution in [-0.4, -0.2) is 48.6 Å². The van der Waals surface area contributed by atoms with E-state index in [0.29, 0.717) is 31.6 Å². The first-order valence-electron chi connectivity index (χ1n) is 8.48. The average Bonchev–Trinajstić information content (AvgIpc) is 3.40. The summed E-state index contributed by atoms with van der Waals surface area (Å²) < 4.78 is 19.0. The lowest BCUT2D eigenvalue weighted by Crippen LogP contribution is -2.78. The fraction of sp³-hybridized carbons (Fsp3) is 0.556. The average molecular weight is 332 g/mol. The maximum absolute atomic E-state index is 13.6. The summed E-state index contributed by atoms with van der Waals surface area (Å²) in [4.78, 5) is 28.3. The van der Waals surface area contributed by atoms with E-state index < -0.39 is 11.6 Å². The lowest BCUT2D eigenvalue weighted by Gasteiger charge is -2.59. The number of methoxy groups -OCH3 is 1. The molecule has 1 saturated carbocycles. The minimum Gasteiger partial charge on any atom is -0.369 e. The molecular weight excluding hydrogens is 311 g/mol. The number of rotatable bonds is 3. The smallest absolute Gasteiger partial charge is 0.259 e. The zero-order valence-electron chi connectivity index (χ0n) is 13.7. The van der Waals surface area contributed by atoms with Crippen LogP contribution in [-0.2, 0) is 14.3 Å². The molecule has 6 heteroatoms. The number of carbonyl (C=O) groups excluding carboxylic acids is 2. The van der Waals surface area contributed by atoms with E-state index in [1.807, 2.05) is 4.90 Å². The van der Waals surface area contributed by atoms with Gasteiger partial charge in [-0.3, -0.25) is 9.59 Å². The van der Waals surface area contributed by atoms with E-state index in [9.17, 15) is 14.0 Å². The van der Waals surface area contributed by atoms with Crippen LogP contribution in [0.2, 0.25) is 0 Å². The molecule has 1 aromatic rings. The van der Waals surface area contributed by atoms with Crippen LogP contribution in [0.4, 0.5) is 10.1 Å². The summed E-state index contributed by atoms with van der Waals surface area (Å²) in [6.07, 6.45) is 2.79. The van der Waals surface area contributed by atoms with Gasteiger partial charge in [0, 0.05) is 31.8 Å². The van der Waals surface area contributed by atoms with E-state index >= 15 is 0 Å². The number of piperidine rings is 1. The van der Waals surface area contributed by atoms with Gasteiger partial charge in [-0.15, -0.1) is 0 Å². The summed E-state index contributed by atoms with van der Waals surface area (Å²) in [5.74, 6) is -0.0517. The molecule has 0 bridgehead atoms. The van der Waals surface area contributed by atoms with Gasteiger partial charge in [-0.25, -0.2) is 4.39 Å². The Morgan fingerprint density at radius 1 is 1.29 bits per heavy atom. The molecule has 2 amide bonds. The number of amides is 2. The topological polar surface area (TPSA) is 49.9 Å². The molecule has 2 heterocycles. The van der Waals surface area contributed by atoms with Crippen molar-refractivity contribution in [1.29, 1.82) is 0 Å². The molecule has 0 N–H and O–H groups in total. The molecule has 2 saturated heterocycles. The predicted molar refractivity (Wildman–Crippen MR) is 86.0 cm³/mol. The van der Waals surface area contributed by atoms with Gasteiger partial charge >= 0.3 is 0 Å². The van der Waals surface area contributed by atoms with Crippen molar-refractivity contribution in [2.24, 2.45) is 5.92 Å². The molecule has 1 aliphatic carbocycles. The number of halogens is 1. The van der Waals surface area contributed by atoms with Crippen molar-refractivity contribution in [3.05, 3.63) is 30.1 Å². The summed E-state index contributed by atoms with van der Waals surface area (Å²) in [5.41, 5.74) is 0.0928. The summed E-state index contributed by atoms with van der Waals surface area (Å²) in [6, 6.07) is 6.10. The van der Waals surface area contributed by atoms with Crippen molar-refractivity contribution in [2.75, 3.05) is 25.1 Å². The van der Waals surface area contributed by atoms with Crippen molar-refractivity contribution in [1.82, 2.24) is 4.90 Å². The molecule has 1 unspecified atom stereocenters. The van der Waals surface area contributed by atoms with Crippen LogP contribution in [0, 0.1) is 11.7 Å². The van der Waals surface area contributed by atoms with Gasteiger partial charge in [0.1, 0.15) is 5.82 Å². The lowest BCUT2D eigenvalue weighted by molar-refractivity contribution is -0.152. The van der Waals surface area contributed by atoms with Crippen molar-refractivity contribution >= 4 is 17.5 Å². The highest BCUT2D eigenvalue weighted by Crippen LogP contribution is 2.46. The normalized spacial score (nSPS) is 25.8. The van der Waals surface area contributed by atoms with Gasteiger partial charge in [0.2, 0.25) is 5.91 Å². The van der Waals surface area contributed by atoms with Crippen LogP contribution in [0.5, 0.6) is 0 Å². The highest BCUT2D eigenvalue weighted by Gasteiger charge is 2.62. The minimum atomic E-state index is -0.515. The summed E-state index contributed by atoms with van der Waals surface area (Å²) in [7, 11) is 1.54. The number of anilines is 1. The van der Waals surface area contributed by atoms with Crippen molar-refractivity contribution in [3.8, 4) is 0 Å². The zero-order valence-corrected chi connectivity index (χ0v) is 13.7. The summed E-state index contributed by atoms with van der Waals surface area (Å²) in [5, 5.41) is 0. The number of hydrogen-bond acceptors (Lipinski definition) is 3. The number of nitrogens with zero attached hydrogens (tertiary/aromatic N) is 2. The fourth-order valence-corrected chi connectivity index (χ4v) is 4.13. The molecular formula is C18H21FN2O3. The molecule has 24 heavy (non-hydrogen) atoms. The van der Waals surface area contributed by atoms with Crippen LogP contribution in [0.15, 0.2) is 24.3 Å². The summed E-state index contributed by atoms with van der Waals surface area (Å²) in [6.45, 7) is 1.24. The molecule has 1 spiro atoms. The maximum atomic E-state index is 13.6. The third-order valence-corrected chi connectivity index (χ3v) is 5.55. The van der Waals surface area contributed by atoms with Gasteiger partial charge in [0.05, 0.1) is 5.54 Å². The number of ether oxygens (including phenoxy) is 1. The Morgan fingerprint density at radius 3 is 2.58 bits per heavy atom. The summed E-state index contributed by atoms with van der Waals surface area (Å²) >= 11 is 0. The molecule has 3 aliphatic rings. The van der Waals surface area contributed by atoms with Crippen LogP contribution in [0.3, 0.4) is 0 Å². The molecule has 2 aliphatic heterocycles. The quantitative estimate of drug-likeness (QED) is 0.795. The Bertz CT molecular complexity index is 681. The van der Waals surface area contributed by atoms with Gasteiger partial charge in [-0.2, -0.15) is 0 Å².